The Morgan fingerprint density at radius 2 is 1.88 bits per heavy atom. The summed E-state index contributed by atoms with van der Waals surface area (Å²) in [5.41, 5.74) is 2.34. The first-order valence-corrected chi connectivity index (χ1v) is 6.84. The third-order valence-electron chi connectivity index (χ3n) is 2.21. The van der Waals surface area contributed by atoms with Crippen molar-refractivity contribution in [3.8, 4) is 11.1 Å². The van der Waals surface area contributed by atoms with Gasteiger partial charge in [0, 0.05) is 16.2 Å². The number of H-pyrrole nitrogens is 1. The predicted molar refractivity (Wildman–Crippen MR) is 61.8 cm³/mol. The molecule has 0 bridgehead atoms. The van der Waals surface area contributed by atoms with Crippen LogP contribution < -0.4 is 0 Å². The second kappa shape index (κ2) is 3.92. The fourth-order valence-electron chi connectivity index (χ4n) is 1.40. The van der Waals surface area contributed by atoms with Gasteiger partial charge < -0.3 is 0 Å². The highest BCUT2D eigenvalue weighted by Crippen LogP contribution is 2.27. The zero-order valence-electron chi connectivity index (χ0n) is 8.44. The van der Waals surface area contributed by atoms with Crippen molar-refractivity contribution in [3.05, 3.63) is 36.0 Å². The van der Waals surface area contributed by atoms with E-state index in [1.54, 1.807) is 0 Å². The molecule has 1 heterocycles. The highest BCUT2D eigenvalue weighted by molar-refractivity contribution is 8.13. The lowest BCUT2D eigenvalue weighted by Crippen LogP contribution is -1.93. The summed E-state index contributed by atoms with van der Waals surface area (Å²) in [6.45, 7) is 1.96. The molecule has 1 N–H and O–H groups in total. The Morgan fingerprint density at radius 1 is 1.25 bits per heavy atom. The van der Waals surface area contributed by atoms with Crippen LogP contribution >= 0.6 is 10.7 Å². The third-order valence-corrected chi connectivity index (χ3v) is 3.47. The zero-order valence-corrected chi connectivity index (χ0v) is 10.0. The Kier molecular flexibility index (Phi) is 2.73. The minimum atomic E-state index is -3.79. The largest absolute Gasteiger partial charge is 0.278 e. The first-order chi connectivity index (χ1) is 7.48. The normalized spacial score (nSPS) is 11.6. The number of hydrogen-bond donors (Lipinski definition) is 1. The van der Waals surface area contributed by atoms with Crippen LogP contribution in [0.4, 0.5) is 0 Å². The lowest BCUT2D eigenvalue weighted by molar-refractivity contribution is 0.606. The van der Waals surface area contributed by atoms with Crippen LogP contribution in [0, 0.1) is 6.92 Å². The molecule has 6 heteroatoms. The van der Waals surface area contributed by atoms with Gasteiger partial charge in [0.05, 0.1) is 6.20 Å². The SMILES string of the molecule is Cc1ccc(-c2cn[nH]c2S(=O)(=O)Cl)cc1. The topological polar surface area (TPSA) is 62.8 Å². The summed E-state index contributed by atoms with van der Waals surface area (Å²) in [6.07, 6.45) is 1.44. The number of rotatable bonds is 2. The van der Waals surface area contributed by atoms with E-state index in [1.165, 1.54) is 6.20 Å². The van der Waals surface area contributed by atoms with Crippen molar-refractivity contribution in [2.75, 3.05) is 0 Å². The highest BCUT2D eigenvalue weighted by Gasteiger charge is 2.18. The van der Waals surface area contributed by atoms with Crippen molar-refractivity contribution in [2.24, 2.45) is 0 Å². The van der Waals surface area contributed by atoms with Crippen LogP contribution in [0.1, 0.15) is 5.56 Å². The van der Waals surface area contributed by atoms with Crippen LogP contribution in [0.5, 0.6) is 0 Å². The van der Waals surface area contributed by atoms with E-state index in [2.05, 4.69) is 10.2 Å². The first kappa shape index (κ1) is 11.2. The Balaban J connectivity index is 2.58. The number of benzene rings is 1. The van der Waals surface area contributed by atoms with Gasteiger partial charge in [0.2, 0.25) is 0 Å². The van der Waals surface area contributed by atoms with E-state index in [9.17, 15) is 8.42 Å². The molecule has 0 aliphatic carbocycles. The Hall–Kier alpha value is -1.33. The van der Waals surface area contributed by atoms with Crippen molar-refractivity contribution in [3.63, 3.8) is 0 Å². The van der Waals surface area contributed by atoms with Crippen LogP contribution in [0.15, 0.2) is 35.5 Å². The van der Waals surface area contributed by atoms with Gasteiger partial charge in [0.25, 0.3) is 9.05 Å². The van der Waals surface area contributed by atoms with Gasteiger partial charge in [-0.1, -0.05) is 29.8 Å². The molecule has 0 aliphatic rings. The average Bonchev–Trinajstić information content (AvgIpc) is 2.66. The van der Waals surface area contributed by atoms with Gasteiger partial charge in [-0.05, 0) is 12.5 Å². The maximum absolute atomic E-state index is 11.2. The van der Waals surface area contributed by atoms with E-state index in [1.807, 2.05) is 31.2 Å². The molecule has 84 valence electrons. The van der Waals surface area contributed by atoms with E-state index in [4.69, 9.17) is 10.7 Å². The molecule has 1 aromatic heterocycles. The summed E-state index contributed by atoms with van der Waals surface area (Å²) >= 11 is 0. The summed E-state index contributed by atoms with van der Waals surface area (Å²) in [5, 5.41) is 6.02. The summed E-state index contributed by atoms with van der Waals surface area (Å²) in [7, 11) is 1.49. The van der Waals surface area contributed by atoms with Gasteiger partial charge in [-0.3, -0.25) is 5.10 Å². The minimum Gasteiger partial charge on any atom is -0.266 e. The molecule has 0 unspecified atom stereocenters. The maximum Gasteiger partial charge on any atom is 0.278 e. The number of nitrogens with one attached hydrogen (secondary N) is 1. The molecule has 4 nitrogen and oxygen atoms in total. The van der Waals surface area contributed by atoms with Gasteiger partial charge in [-0.25, -0.2) is 8.42 Å². The fourth-order valence-corrected chi connectivity index (χ4v) is 2.35. The monoisotopic (exact) mass is 256 g/mol. The lowest BCUT2D eigenvalue weighted by atomic mass is 10.1. The van der Waals surface area contributed by atoms with Crippen LogP contribution in [0.3, 0.4) is 0 Å². The summed E-state index contributed by atoms with van der Waals surface area (Å²) in [5.74, 6) is 0. The fraction of sp³-hybridized carbons (Fsp3) is 0.100. The summed E-state index contributed by atoms with van der Waals surface area (Å²) < 4.78 is 22.5. The van der Waals surface area contributed by atoms with E-state index in [0.29, 0.717) is 5.56 Å². The molecular weight excluding hydrogens is 248 g/mol. The van der Waals surface area contributed by atoms with Crippen molar-refractivity contribution in [2.45, 2.75) is 11.9 Å². The highest BCUT2D eigenvalue weighted by atomic mass is 35.7. The van der Waals surface area contributed by atoms with Crippen molar-refractivity contribution < 1.29 is 8.42 Å². The van der Waals surface area contributed by atoms with Crippen LogP contribution in [0.25, 0.3) is 11.1 Å². The van der Waals surface area contributed by atoms with Gasteiger partial charge in [0.15, 0.2) is 5.03 Å². The van der Waals surface area contributed by atoms with Crippen molar-refractivity contribution in [1.29, 1.82) is 0 Å². The van der Waals surface area contributed by atoms with E-state index in [-0.39, 0.29) is 5.03 Å². The first-order valence-electron chi connectivity index (χ1n) is 4.53. The van der Waals surface area contributed by atoms with E-state index >= 15 is 0 Å². The number of aromatic nitrogens is 2. The minimum absolute atomic E-state index is 0.0713. The molecular formula is C10H9ClN2O2S. The maximum atomic E-state index is 11.2. The molecule has 16 heavy (non-hydrogen) atoms. The van der Waals surface area contributed by atoms with E-state index in [0.717, 1.165) is 11.1 Å². The molecule has 1 aromatic carbocycles. The summed E-state index contributed by atoms with van der Waals surface area (Å²) in [4.78, 5) is 0. The Labute approximate surface area is 97.7 Å². The predicted octanol–water partition coefficient (Wildman–Crippen LogP) is 2.31. The second-order valence-electron chi connectivity index (χ2n) is 3.42. The van der Waals surface area contributed by atoms with Crippen molar-refractivity contribution >= 4 is 19.7 Å². The number of halogens is 1. The Bertz CT molecular complexity index is 602. The molecule has 0 spiro atoms. The zero-order chi connectivity index (χ0) is 11.8. The molecule has 0 atom stereocenters. The molecule has 2 aromatic rings. The molecule has 0 radical (unpaired) electrons. The van der Waals surface area contributed by atoms with E-state index < -0.39 is 9.05 Å². The van der Waals surface area contributed by atoms with Crippen LogP contribution in [-0.2, 0) is 9.05 Å². The second-order valence-corrected chi connectivity index (χ2v) is 5.92. The quantitative estimate of drug-likeness (QED) is 0.839. The van der Waals surface area contributed by atoms with Gasteiger partial charge in [0.1, 0.15) is 0 Å². The molecule has 0 fully saturated rings. The molecule has 0 saturated carbocycles. The average molecular weight is 257 g/mol. The van der Waals surface area contributed by atoms with Gasteiger partial charge >= 0.3 is 0 Å². The standard InChI is InChI=1S/C10H9ClN2O2S/c1-7-2-4-8(5-3-7)9-6-12-13-10(9)16(11,14)15/h2-6H,1H3,(H,12,13). The number of hydrogen-bond acceptors (Lipinski definition) is 3. The smallest absolute Gasteiger partial charge is 0.266 e. The number of nitrogens with zero attached hydrogens (tertiary/aromatic N) is 1. The lowest BCUT2D eigenvalue weighted by Gasteiger charge is -2.00. The van der Waals surface area contributed by atoms with Gasteiger partial charge in [-0.2, -0.15) is 5.10 Å². The molecule has 2 rings (SSSR count). The molecule has 0 amide bonds. The van der Waals surface area contributed by atoms with Crippen LogP contribution in [0.2, 0.25) is 0 Å². The third kappa shape index (κ3) is 2.10. The Morgan fingerprint density at radius 3 is 2.44 bits per heavy atom. The molecule has 0 saturated heterocycles. The number of aromatic amines is 1. The summed E-state index contributed by atoms with van der Waals surface area (Å²) in [6, 6.07) is 7.44. The molecule has 0 aliphatic heterocycles. The van der Waals surface area contributed by atoms with Gasteiger partial charge in [-0.15, -0.1) is 0 Å². The van der Waals surface area contributed by atoms with Crippen molar-refractivity contribution in [1.82, 2.24) is 10.2 Å². The number of aryl methyl sites for hydroxylation is 1. The van der Waals surface area contributed by atoms with Crippen LogP contribution in [-0.4, -0.2) is 18.6 Å².